The maximum Gasteiger partial charge on any atom is 0.200 e. The lowest BCUT2D eigenvalue weighted by Gasteiger charge is -2.09. The standard InChI is InChI=1S/C17H16N2O2/c1-10-6-7-14-11(8-10)12(9-19-14)17(20)16-13(18)4-3-5-15(16)21-2/h3-9,19H,18H2,1-2H3. The number of ether oxygens (including phenoxy) is 1. The van der Waals surface area contributed by atoms with E-state index in [0.29, 0.717) is 22.6 Å². The lowest BCUT2D eigenvalue weighted by molar-refractivity contribution is 0.103. The van der Waals surface area contributed by atoms with E-state index >= 15 is 0 Å². The van der Waals surface area contributed by atoms with Gasteiger partial charge in [-0.1, -0.05) is 17.7 Å². The van der Waals surface area contributed by atoms with E-state index in [9.17, 15) is 4.79 Å². The molecule has 21 heavy (non-hydrogen) atoms. The number of aromatic amines is 1. The summed E-state index contributed by atoms with van der Waals surface area (Å²) in [6.45, 7) is 2.00. The fourth-order valence-corrected chi connectivity index (χ4v) is 2.52. The first-order valence-corrected chi connectivity index (χ1v) is 6.66. The molecule has 0 amide bonds. The number of carbonyl (C=O) groups excluding carboxylic acids is 1. The lowest BCUT2D eigenvalue weighted by atomic mass is 9.99. The Bertz CT molecular complexity index is 834. The largest absolute Gasteiger partial charge is 0.496 e. The minimum atomic E-state index is -0.137. The molecule has 1 aromatic heterocycles. The molecule has 3 N–H and O–H groups in total. The van der Waals surface area contributed by atoms with Crippen LogP contribution in [0.1, 0.15) is 21.5 Å². The van der Waals surface area contributed by atoms with Gasteiger partial charge in [0.1, 0.15) is 5.75 Å². The van der Waals surface area contributed by atoms with Crippen LogP contribution in [0.5, 0.6) is 5.75 Å². The molecule has 3 rings (SSSR count). The van der Waals surface area contributed by atoms with E-state index in [0.717, 1.165) is 16.5 Å². The summed E-state index contributed by atoms with van der Waals surface area (Å²) >= 11 is 0. The van der Waals surface area contributed by atoms with Crippen molar-refractivity contribution in [3.63, 3.8) is 0 Å². The highest BCUT2D eigenvalue weighted by atomic mass is 16.5. The van der Waals surface area contributed by atoms with Gasteiger partial charge in [0.25, 0.3) is 0 Å². The Kier molecular flexibility index (Phi) is 3.14. The van der Waals surface area contributed by atoms with Crippen LogP contribution in [0, 0.1) is 6.92 Å². The number of nitrogen functional groups attached to an aromatic ring is 1. The molecule has 0 fully saturated rings. The van der Waals surface area contributed by atoms with Crippen LogP contribution in [0.25, 0.3) is 10.9 Å². The number of aromatic nitrogens is 1. The molecule has 1 heterocycles. The second-order valence-electron chi connectivity index (χ2n) is 5.01. The van der Waals surface area contributed by atoms with Crippen molar-refractivity contribution in [2.24, 2.45) is 0 Å². The molecule has 0 saturated carbocycles. The molecule has 2 aromatic carbocycles. The van der Waals surface area contributed by atoms with E-state index in [2.05, 4.69) is 4.98 Å². The van der Waals surface area contributed by atoms with Gasteiger partial charge in [0, 0.05) is 28.4 Å². The number of hydrogen-bond donors (Lipinski definition) is 2. The van der Waals surface area contributed by atoms with Gasteiger partial charge in [-0.2, -0.15) is 0 Å². The van der Waals surface area contributed by atoms with Crippen molar-refractivity contribution in [1.82, 2.24) is 4.98 Å². The summed E-state index contributed by atoms with van der Waals surface area (Å²) in [7, 11) is 1.53. The number of methoxy groups -OCH3 is 1. The summed E-state index contributed by atoms with van der Waals surface area (Å²) in [6.07, 6.45) is 1.72. The van der Waals surface area contributed by atoms with Crippen LogP contribution < -0.4 is 10.5 Å². The monoisotopic (exact) mass is 280 g/mol. The van der Waals surface area contributed by atoms with Crippen molar-refractivity contribution in [3.8, 4) is 5.75 Å². The van der Waals surface area contributed by atoms with E-state index in [-0.39, 0.29) is 5.78 Å². The van der Waals surface area contributed by atoms with E-state index in [1.165, 1.54) is 7.11 Å². The Hall–Kier alpha value is -2.75. The van der Waals surface area contributed by atoms with Crippen LogP contribution in [0.3, 0.4) is 0 Å². The second kappa shape index (κ2) is 4.98. The Morgan fingerprint density at radius 1 is 1.24 bits per heavy atom. The molecule has 0 spiro atoms. The summed E-state index contributed by atoms with van der Waals surface area (Å²) in [5, 5.41) is 0.894. The molecule has 0 saturated heterocycles. The molecule has 0 bridgehead atoms. The van der Waals surface area contributed by atoms with Gasteiger partial charge in [-0.15, -0.1) is 0 Å². The number of benzene rings is 2. The van der Waals surface area contributed by atoms with Gasteiger partial charge < -0.3 is 15.5 Å². The Labute approximate surface area is 122 Å². The number of nitrogens with one attached hydrogen (secondary N) is 1. The molecule has 0 unspecified atom stereocenters. The Morgan fingerprint density at radius 2 is 2.05 bits per heavy atom. The van der Waals surface area contributed by atoms with Crippen molar-refractivity contribution in [2.75, 3.05) is 12.8 Å². The van der Waals surface area contributed by atoms with Crippen LogP contribution in [-0.2, 0) is 0 Å². The van der Waals surface area contributed by atoms with Crippen LogP contribution >= 0.6 is 0 Å². The number of hydrogen-bond acceptors (Lipinski definition) is 3. The van der Waals surface area contributed by atoms with Crippen molar-refractivity contribution in [3.05, 3.63) is 59.3 Å². The Morgan fingerprint density at radius 3 is 2.81 bits per heavy atom. The van der Waals surface area contributed by atoms with Gasteiger partial charge in [-0.3, -0.25) is 4.79 Å². The normalized spacial score (nSPS) is 10.8. The summed E-state index contributed by atoms with van der Waals surface area (Å²) in [6, 6.07) is 11.2. The molecule has 4 heteroatoms. The van der Waals surface area contributed by atoms with Gasteiger partial charge in [-0.25, -0.2) is 0 Å². The smallest absolute Gasteiger partial charge is 0.200 e. The van der Waals surface area contributed by atoms with Crippen molar-refractivity contribution >= 4 is 22.4 Å². The zero-order valence-electron chi connectivity index (χ0n) is 11.9. The van der Waals surface area contributed by atoms with E-state index in [1.807, 2.05) is 25.1 Å². The minimum Gasteiger partial charge on any atom is -0.496 e. The molecule has 0 aliphatic carbocycles. The maximum absolute atomic E-state index is 12.9. The number of anilines is 1. The third kappa shape index (κ3) is 2.14. The summed E-state index contributed by atoms with van der Waals surface area (Å²) in [4.78, 5) is 16.0. The lowest BCUT2D eigenvalue weighted by Crippen LogP contribution is -2.07. The molecule has 0 aliphatic rings. The first-order valence-electron chi connectivity index (χ1n) is 6.66. The topological polar surface area (TPSA) is 68.1 Å². The van der Waals surface area contributed by atoms with Crippen molar-refractivity contribution in [1.29, 1.82) is 0 Å². The zero-order chi connectivity index (χ0) is 15.0. The number of rotatable bonds is 3. The summed E-state index contributed by atoms with van der Waals surface area (Å²) in [5.41, 5.74) is 9.42. The Balaban J connectivity index is 2.20. The first-order chi connectivity index (χ1) is 10.1. The van der Waals surface area contributed by atoms with Crippen LogP contribution in [0.15, 0.2) is 42.6 Å². The average molecular weight is 280 g/mol. The van der Waals surface area contributed by atoms with Crippen LogP contribution in [-0.4, -0.2) is 17.9 Å². The molecule has 0 aliphatic heterocycles. The van der Waals surface area contributed by atoms with Gasteiger partial charge >= 0.3 is 0 Å². The highest BCUT2D eigenvalue weighted by molar-refractivity contribution is 6.19. The predicted molar refractivity (Wildman–Crippen MR) is 83.9 cm³/mol. The third-order valence-corrected chi connectivity index (χ3v) is 3.59. The highest BCUT2D eigenvalue weighted by Gasteiger charge is 2.20. The van der Waals surface area contributed by atoms with Crippen LogP contribution in [0.4, 0.5) is 5.69 Å². The third-order valence-electron chi connectivity index (χ3n) is 3.59. The number of carbonyl (C=O) groups is 1. The fraction of sp³-hybridized carbons (Fsp3) is 0.118. The minimum absolute atomic E-state index is 0.137. The van der Waals surface area contributed by atoms with Gasteiger partial charge in [0.05, 0.1) is 12.7 Å². The molecule has 4 nitrogen and oxygen atoms in total. The van der Waals surface area contributed by atoms with Crippen molar-refractivity contribution in [2.45, 2.75) is 6.92 Å². The molecule has 3 aromatic rings. The molecule has 0 atom stereocenters. The first kappa shape index (κ1) is 13.2. The average Bonchev–Trinajstić information content (AvgIpc) is 2.89. The maximum atomic E-state index is 12.9. The van der Waals surface area contributed by atoms with Crippen molar-refractivity contribution < 1.29 is 9.53 Å². The number of aryl methyl sites for hydroxylation is 1. The number of nitrogens with two attached hydrogens (primary N) is 1. The molecular weight excluding hydrogens is 264 g/mol. The summed E-state index contributed by atoms with van der Waals surface area (Å²) in [5.74, 6) is 0.351. The zero-order valence-corrected chi connectivity index (χ0v) is 11.9. The predicted octanol–water partition coefficient (Wildman–Crippen LogP) is 3.30. The van der Waals surface area contributed by atoms with E-state index < -0.39 is 0 Å². The SMILES string of the molecule is COc1cccc(N)c1C(=O)c1c[nH]c2ccc(C)cc12. The molecular formula is C17H16N2O2. The second-order valence-corrected chi connectivity index (χ2v) is 5.01. The number of fused-ring (bicyclic) bond motifs is 1. The quantitative estimate of drug-likeness (QED) is 0.571. The molecule has 0 radical (unpaired) electrons. The van der Waals surface area contributed by atoms with Crippen LogP contribution in [0.2, 0.25) is 0 Å². The number of H-pyrrole nitrogens is 1. The fourth-order valence-electron chi connectivity index (χ4n) is 2.52. The van der Waals surface area contributed by atoms with Gasteiger partial charge in [0.15, 0.2) is 0 Å². The number of ketones is 1. The van der Waals surface area contributed by atoms with Gasteiger partial charge in [0.2, 0.25) is 5.78 Å². The van der Waals surface area contributed by atoms with Gasteiger partial charge in [-0.05, 0) is 31.2 Å². The molecule has 106 valence electrons. The van der Waals surface area contributed by atoms with E-state index in [1.54, 1.807) is 24.4 Å². The summed E-state index contributed by atoms with van der Waals surface area (Å²) < 4.78 is 5.27. The highest BCUT2D eigenvalue weighted by Crippen LogP contribution is 2.30. The van der Waals surface area contributed by atoms with E-state index in [4.69, 9.17) is 10.5 Å².